The highest BCUT2D eigenvalue weighted by molar-refractivity contribution is 6.35. The number of nitrogens with zero attached hydrogens (tertiary/aromatic N) is 5. The number of rotatable bonds is 9. The first-order valence-corrected chi connectivity index (χ1v) is 20.2. The zero-order valence-corrected chi connectivity index (χ0v) is 35.3. The maximum atomic E-state index is 15.5. The molecule has 5 heterocycles. The highest BCUT2D eigenvalue weighted by Crippen LogP contribution is 2.47. The molecule has 3 aromatic carbocycles. The number of aromatic carboxylic acids is 1. The van der Waals surface area contributed by atoms with Gasteiger partial charge in [-0.3, -0.25) is 9.48 Å². The van der Waals surface area contributed by atoms with Crippen LogP contribution in [0.3, 0.4) is 0 Å². The number of carbonyl (C=O) groups is 2. The fourth-order valence-electron chi connectivity index (χ4n) is 9.22. The third-order valence-electron chi connectivity index (χ3n) is 11.7. The Morgan fingerprint density at radius 1 is 1.03 bits per heavy atom. The molecule has 0 aliphatic carbocycles. The number of hydrogen-bond donors (Lipinski definition) is 2. The number of halogens is 2. The number of carboxylic acids is 1. The zero-order valence-electron chi connectivity index (χ0n) is 33.8. The van der Waals surface area contributed by atoms with Gasteiger partial charge in [0.1, 0.15) is 17.1 Å². The van der Waals surface area contributed by atoms with Crippen LogP contribution in [0.2, 0.25) is 10.0 Å². The van der Waals surface area contributed by atoms with E-state index in [1.54, 1.807) is 12.1 Å². The Morgan fingerprint density at radius 3 is 2.45 bits per heavy atom. The van der Waals surface area contributed by atoms with Crippen LogP contribution >= 0.6 is 23.2 Å². The Bertz CT molecular complexity index is 2780. The van der Waals surface area contributed by atoms with Crippen molar-refractivity contribution in [1.82, 2.24) is 18.9 Å². The number of anilines is 1. The summed E-state index contributed by atoms with van der Waals surface area (Å²) >= 11 is 13.7. The van der Waals surface area contributed by atoms with Crippen molar-refractivity contribution >= 4 is 68.8 Å². The van der Waals surface area contributed by atoms with Crippen molar-refractivity contribution in [2.24, 2.45) is 7.05 Å². The minimum absolute atomic E-state index is 0.153. The lowest BCUT2D eigenvalue weighted by atomic mass is 9.98. The van der Waals surface area contributed by atoms with E-state index < -0.39 is 5.97 Å². The lowest BCUT2D eigenvalue weighted by Crippen LogP contribution is -2.43. The Kier molecular flexibility index (Phi) is 10.1. The van der Waals surface area contributed by atoms with Crippen LogP contribution in [0.4, 0.5) is 5.69 Å². The predicted molar refractivity (Wildman–Crippen MR) is 233 cm³/mol. The van der Waals surface area contributed by atoms with Gasteiger partial charge in [0.2, 0.25) is 0 Å². The van der Waals surface area contributed by atoms with Crippen LogP contribution in [0.1, 0.15) is 80.4 Å². The Morgan fingerprint density at radius 2 is 1.78 bits per heavy atom. The molecule has 2 aliphatic rings. The normalized spacial score (nSPS) is 16.2. The van der Waals surface area contributed by atoms with Gasteiger partial charge in [-0.25, -0.2) is 4.79 Å². The Labute approximate surface area is 347 Å². The minimum Gasteiger partial charge on any atom is -0.494 e. The lowest BCUT2D eigenvalue weighted by molar-refractivity contribution is 0.0686. The second kappa shape index (κ2) is 15.0. The molecule has 0 spiro atoms. The number of benzene rings is 3. The molecule has 0 saturated heterocycles. The average molecular weight is 818 g/mol. The highest BCUT2D eigenvalue weighted by atomic mass is 35.5. The van der Waals surface area contributed by atoms with E-state index in [0.29, 0.717) is 60.9 Å². The van der Waals surface area contributed by atoms with Gasteiger partial charge in [0.25, 0.3) is 5.91 Å². The van der Waals surface area contributed by atoms with E-state index in [9.17, 15) is 9.90 Å². The molecule has 58 heavy (non-hydrogen) atoms. The summed E-state index contributed by atoms with van der Waals surface area (Å²) in [5, 5.41) is 26.0. The molecular weight excluding hydrogens is 771 g/mol. The molecule has 0 radical (unpaired) electrons. The number of hydrogen-bond acceptors (Lipinski definition) is 5. The number of nitrogens with one attached hydrogen (secondary N) is 1. The quantitative estimate of drug-likeness (QED) is 0.111. The van der Waals surface area contributed by atoms with Gasteiger partial charge in [-0.15, -0.1) is 0 Å². The van der Waals surface area contributed by atoms with Crippen LogP contribution in [0.5, 0.6) is 5.75 Å². The highest BCUT2D eigenvalue weighted by Gasteiger charge is 2.40. The predicted octanol–water partition coefficient (Wildman–Crippen LogP) is 10.7. The number of allylic oxidation sites excluding steroid dienone is 4. The standard InChI is InChI=1S/C46H46Cl2N6O4/c1-24(12-13-49)15-30-20-32-23-53(37-17-25(2)16-31-21-38(46(56)57)52(22-30)42(31)37)45(55)44-34(9-8-14-58-33-18-26(3)41(48)27(4)19-33)35-10-11-36(47)40(43(35)54(32)44)39-28(5)50-51(7)29(39)6/h10-13,15-19,21,32,49H,8-9,14,20,22-23H2,1-7H3,(H,56,57)/b24-12-,30-15+,49-13?/t32-/m1/s1. The van der Waals surface area contributed by atoms with Crippen molar-refractivity contribution < 1.29 is 19.4 Å². The summed E-state index contributed by atoms with van der Waals surface area (Å²) in [5.74, 6) is -0.446. The largest absolute Gasteiger partial charge is 0.494 e. The third-order valence-corrected chi connectivity index (χ3v) is 12.6. The van der Waals surface area contributed by atoms with Crippen molar-refractivity contribution in [2.45, 2.75) is 73.4 Å². The summed E-state index contributed by atoms with van der Waals surface area (Å²) in [4.78, 5) is 30.2. The molecule has 3 aromatic heterocycles. The number of amides is 1. The van der Waals surface area contributed by atoms with Crippen LogP contribution in [0.25, 0.3) is 32.9 Å². The minimum atomic E-state index is -1.04. The first kappa shape index (κ1) is 39.3. The van der Waals surface area contributed by atoms with E-state index in [0.717, 1.165) is 83.0 Å². The van der Waals surface area contributed by atoms with Crippen LogP contribution in [-0.2, 0) is 20.0 Å². The van der Waals surface area contributed by atoms with E-state index in [-0.39, 0.29) is 17.6 Å². The Balaban J connectivity index is 1.38. The second-order valence-corrected chi connectivity index (χ2v) is 16.6. The number of aromatic nitrogens is 4. The van der Waals surface area contributed by atoms with Gasteiger partial charge in [-0.2, -0.15) is 5.10 Å². The average Bonchev–Trinajstić information content (AvgIpc) is 3.78. The molecule has 1 amide bonds. The van der Waals surface area contributed by atoms with Crippen LogP contribution in [-0.4, -0.2) is 55.3 Å². The summed E-state index contributed by atoms with van der Waals surface area (Å²) in [6.45, 7) is 12.9. The molecule has 0 saturated carbocycles. The monoisotopic (exact) mass is 816 g/mol. The number of ether oxygens (including phenoxy) is 1. The zero-order chi connectivity index (χ0) is 41.3. The fourth-order valence-corrected chi connectivity index (χ4v) is 9.58. The van der Waals surface area contributed by atoms with Crippen LogP contribution in [0, 0.1) is 40.0 Å². The molecule has 10 nitrogen and oxygen atoms in total. The van der Waals surface area contributed by atoms with Crippen molar-refractivity contribution in [3.63, 3.8) is 0 Å². The molecule has 8 rings (SSSR count). The first-order chi connectivity index (χ1) is 27.7. The smallest absolute Gasteiger partial charge is 0.352 e. The van der Waals surface area contributed by atoms with Crippen molar-refractivity contribution in [3.8, 4) is 16.9 Å². The molecule has 2 aliphatic heterocycles. The van der Waals surface area contributed by atoms with Crippen molar-refractivity contribution in [2.75, 3.05) is 18.1 Å². The second-order valence-electron chi connectivity index (χ2n) is 15.8. The van der Waals surface area contributed by atoms with Gasteiger partial charge < -0.3 is 29.3 Å². The van der Waals surface area contributed by atoms with E-state index in [4.69, 9.17) is 38.4 Å². The molecule has 12 heteroatoms. The van der Waals surface area contributed by atoms with Gasteiger partial charge >= 0.3 is 5.97 Å². The van der Waals surface area contributed by atoms with E-state index in [1.807, 2.05) is 99.1 Å². The maximum absolute atomic E-state index is 15.5. The summed E-state index contributed by atoms with van der Waals surface area (Å²) in [7, 11) is 1.92. The SMILES string of the molecule is CC(=C/C=N)/C=C1\C[C@@H]2CN(C(=O)c3c(CCCOc4cc(C)c(Cl)c(C)c4)c4ccc(Cl)c(-c5c(C)nn(C)c5C)c4n32)c2cc(C)cc3cc(C(=O)O)n(c23)C1. The molecule has 2 N–H and O–H groups in total. The fraction of sp³-hybridized carbons (Fsp3) is 0.304. The number of aryl methyl sites for hydroxylation is 6. The van der Waals surface area contributed by atoms with Crippen LogP contribution in [0.15, 0.2) is 65.8 Å². The summed E-state index contributed by atoms with van der Waals surface area (Å²) in [6, 6.07) is 13.3. The summed E-state index contributed by atoms with van der Waals surface area (Å²) < 4.78 is 12.2. The summed E-state index contributed by atoms with van der Waals surface area (Å²) in [5.41, 5.74) is 12.1. The molecule has 0 unspecified atom stereocenters. The lowest BCUT2D eigenvalue weighted by Gasteiger charge is -2.36. The molecule has 1 atom stereocenters. The molecule has 0 fully saturated rings. The number of carbonyl (C=O) groups excluding carboxylic acids is 1. The molecule has 2 bridgehead atoms. The van der Waals surface area contributed by atoms with Gasteiger partial charge in [-0.05, 0) is 137 Å². The topological polar surface area (TPSA) is 118 Å². The van der Waals surface area contributed by atoms with Gasteiger partial charge in [0.05, 0.1) is 40.1 Å². The first-order valence-electron chi connectivity index (χ1n) is 19.5. The number of carboxylic acid groups (broad SMARTS) is 1. The van der Waals surface area contributed by atoms with E-state index in [2.05, 4.69) is 10.6 Å². The maximum Gasteiger partial charge on any atom is 0.352 e. The van der Waals surface area contributed by atoms with E-state index in [1.165, 1.54) is 6.21 Å². The number of fused-ring (bicyclic) bond motifs is 7. The Hall–Kier alpha value is -5.58. The van der Waals surface area contributed by atoms with Crippen molar-refractivity contribution in [3.05, 3.63) is 121 Å². The van der Waals surface area contributed by atoms with E-state index >= 15 is 4.79 Å². The van der Waals surface area contributed by atoms with Crippen LogP contribution < -0.4 is 9.64 Å². The van der Waals surface area contributed by atoms with Gasteiger partial charge in [-0.1, -0.05) is 35.3 Å². The van der Waals surface area contributed by atoms with Gasteiger partial charge in [0, 0.05) is 59.0 Å². The molecule has 298 valence electrons. The van der Waals surface area contributed by atoms with Crippen molar-refractivity contribution in [1.29, 1.82) is 5.41 Å². The van der Waals surface area contributed by atoms with Gasteiger partial charge in [0.15, 0.2) is 0 Å². The molecular formula is C46H46Cl2N6O4. The molecule has 6 aromatic rings. The summed E-state index contributed by atoms with van der Waals surface area (Å²) in [6.07, 6.45) is 6.72. The third kappa shape index (κ3) is 6.52.